The van der Waals surface area contributed by atoms with Crippen molar-refractivity contribution < 1.29 is 13.7 Å². The fourth-order valence-electron chi connectivity index (χ4n) is 4.21. The van der Waals surface area contributed by atoms with Crippen LogP contribution in [0.3, 0.4) is 0 Å². The maximum atomic E-state index is 12.9. The molecule has 1 amide bonds. The highest BCUT2D eigenvalue weighted by Gasteiger charge is 2.55. The molecule has 2 fully saturated rings. The molecular formula is C17H18N4O3. The molecule has 0 unspecified atom stereocenters. The number of nitriles is 1. The number of fused-ring (bicyclic) bond motifs is 1. The van der Waals surface area contributed by atoms with E-state index < -0.39 is 0 Å². The second kappa shape index (κ2) is 5.20. The van der Waals surface area contributed by atoms with Gasteiger partial charge in [-0.25, -0.2) is 0 Å². The van der Waals surface area contributed by atoms with Crippen molar-refractivity contribution in [3.8, 4) is 6.07 Å². The van der Waals surface area contributed by atoms with Crippen LogP contribution >= 0.6 is 0 Å². The molecule has 1 saturated carbocycles. The summed E-state index contributed by atoms with van der Waals surface area (Å²) in [4.78, 5) is 19.2. The third-order valence-corrected chi connectivity index (χ3v) is 5.37. The smallest absolute Gasteiger partial charge is 0.257 e. The van der Waals surface area contributed by atoms with Crippen LogP contribution in [-0.2, 0) is 5.41 Å². The predicted octanol–water partition coefficient (Wildman–Crippen LogP) is 2.35. The topological polar surface area (TPSA) is 96.2 Å². The van der Waals surface area contributed by atoms with Crippen LogP contribution in [0.4, 0.5) is 0 Å². The molecule has 124 valence electrons. The molecule has 1 saturated heterocycles. The fraction of sp³-hybridized carbons (Fsp3) is 0.529. The quantitative estimate of drug-likeness (QED) is 0.840. The molecule has 0 radical (unpaired) electrons. The molecule has 0 spiro atoms. The van der Waals surface area contributed by atoms with E-state index in [9.17, 15) is 4.79 Å². The zero-order chi connectivity index (χ0) is 16.9. The maximum absolute atomic E-state index is 12.9. The summed E-state index contributed by atoms with van der Waals surface area (Å²) in [5.41, 5.74) is 0.232. The van der Waals surface area contributed by atoms with E-state index in [4.69, 9.17) is 14.2 Å². The Labute approximate surface area is 139 Å². The van der Waals surface area contributed by atoms with Crippen LogP contribution < -0.4 is 0 Å². The van der Waals surface area contributed by atoms with Gasteiger partial charge in [-0.3, -0.25) is 4.79 Å². The van der Waals surface area contributed by atoms with Crippen molar-refractivity contribution >= 4 is 5.91 Å². The molecule has 0 aromatic carbocycles. The van der Waals surface area contributed by atoms with E-state index in [-0.39, 0.29) is 17.1 Å². The van der Waals surface area contributed by atoms with Gasteiger partial charge in [-0.05, 0) is 32.6 Å². The number of carbonyl (C=O) groups is 1. The van der Waals surface area contributed by atoms with Crippen molar-refractivity contribution in [2.45, 2.75) is 38.5 Å². The molecule has 7 nitrogen and oxygen atoms in total. The summed E-state index contributed by atoms with van der Waals surface area (Å²) in [7, 11) is 0. The number of aryl methyl sites for hydroxylation is 2. The van der Waals surface area contributed by atoms with Crippen LogP contribution in [-0.4, -0.2) is 34.0 Å². The lowest BCUT2D eigenvalue weighted by atomic mass is 9.80. The van der Waals surface area contributed by atoms with E-state index in [0.29, 0.717) is 42.0 Å². The third-order valence-electron chi connectivity index (χ3n) is 5.37. The Morgan fingerprint density at radius 2 is 2.33 bits per heavy atom. The van der Waals surface area contributed by atoms with Gasteiger partial charge in [0.15, 0.2) is 5.82 Å². The minimum atomic E-state index is -0.230. The minimum absolute atomic E-state index is 0.0947. The van der Waals surface area contributed by atoms with Crippen molar-refractivity contribution in [2.75, 3.05) is 13.1 Å². The number of carbonyl (C=O) groups excluding carboxylic acids is 1. The first-order valence-electron chi connectivity index (χ1n) is 8.14. The second-order valence-corrected chi connectivity index (χ2v) is 6.77. The van der Waals surface area contributed by atoms with Crippen LogP contribution in [0.5, 0.6) is 0 Å². The van der Waals surface area contributed by atoms with E-state index >= 15 is 0 Å². The SMILES string of the molecule is Cc1noc([C@]23CCC[C@H]2CN(C(=O)c2cc(C#N)oc2C)C3)n1. The average Bonchev–Trinajstić information content (AvgIpc) is 3.28. The van der Waals surface area contributed by atoms with Crippen molar-refractivity contribution in [3.05, 3.63) is 34.9 Å². The first-order valence-corrected chi connectivity index (χ1v) is 8.14. The highest BCUT2D eigenvalue weighted by molar-refractivity contribution is 5.95. The van der Waals surface area contributed by atoms with Gasteiger partial charge in [0.25, 0.3) is 5.91 Å². The number of likely N-dealkylation sites (tertiary alicyclic amines) is 1. The minimum Gasteiger partial charge on any atom is -0.450 e. The summed E-state index contributed by atoms with van der Waals surface area (Å²) in [6.07, 6.45) is 3.12. The molecule has 0 bridgehead atoms. The van der Waals surface area contributed by atoms with Crippen LogP contribution in [0.15, 0.2) is 15.0 Å². The zero-order valence-electron chi connectivity index (χ0n) is 13.7. The lowest BCUT2D eigenvalue weighted by molar-refractivity contribution is 0.0773. The largest absolute Gasteiger partial charge is 0.450 e. The lowest BCUT2D eigenvalue weighted by Crippen LogP contribution is -2.35. The number of hydrogen-bond donors (Lipinski definition) is 0. The van der Waals surface area contributed by atoms with Crippen LogP contribution in [0, 0.1) is 31.1 Å². The first kappa shape index (κ1) is 14.9. The number of furan rings is 1. The molecule has 1 aliphatic heterocycles. The van der Waals surface area contributed by atoms with Gasteiger partial charge in [-0.15, -0.1) is 0 Å². The number of rotatable bonds is 2. The summed E-state index contributed by atoms with van der Waals surface area (Å²) in [6.45, 7) is 4.77. The standard InChI is InChI=1S/C17H18N4O3/c1-10-14(6-13(7-18)23-10)15(22)21-8-12-4-3-5-17(12,9-21)16-19-11(2)20-24-16/h6,12H,3-5,8-9H2,1-2H3/t12-,17-/m0/s1. The zero-order valence-corrected chi connectivity index (χ0v) is 13.7. The molecular weight excluding hydrogens is 308 g/mol. The van der Waals surface area contributed by atoms with Gasteiger partial charge in [-0.1, -0.05) is 11.6 Å². The Morgan fingerprint density at radius 3 is 3.00 bits per heavy atom. The van der Waals surface area contributed by atoms with Crippen molar-refractivity contribution in [2.24, 2.45) is 5.92 Å². The molecule has 2 aromatic rings. The summed E-state index contributed by atoms with van der Waals surface area (Å²) >= 11 is 0. The van der Waals surface area contributed by atoms with Gasteiger partial charge in [0.05, 0.1) is 11.0 Å². The van der Waals surface area contributed by atoms with Gasteiger partial charge in [0.1, 0.15) is 11.8 Å². The van der Waals surface area contributed by atoms with Crippen molar-refractivity contribution in [3.63, 3.8) is 0 Å². The van der Waals surface area contributed by atoms with E-state index in [1.807, 2.05) is 17.9 Å². The van der Waals surface area contributed by atoms with E-state index in [1.54, 1.807) is 6.92 Å². The number of nitrogens with zero attached hydrogens (tertiary/aromatic N) is 4. The molecule has 4 rings (SSSR count). The summed E-state index contributed by atoms with van der Waals surface area (Å²) in [5, 5.41) is 12.9. The normalized spacial score (nSPS) is 25.7. The molecule has 3 heterocycles. The highest BCUT2D eigenvalue weighted by atomic mass is 16.5. The Kier molecular flexibility index (Phi) is 3.23. The number of aromatic nitrogens is 2. The second-order valence-electron chi connectivity index (χ2n) is 6.77. The lowest BCUT2D eigenvalue weighted by Gasteiger charge is -2.24. The molecule has 2 atom stereocenters. The molecule has 1 aliphatic carbocycles. The van der Waals surface area contributed by atoms with Crippen LogP contribution in [0.1, 0.15) is 52.9 Å². The van der Waals surface area contributed by atoms with Crippen molar-refractivity contribution in [1.29, 1.82) is 5.26 Å². The van der Waals surface area contributed by atoms with Gasteiger partial charge in [-0.2, -0.15) is 10.2 Å². The fourth-order valence-corrected chi connectivity index (χ4v) is 4.21. The molecule has 2 aliphatic rings. The molecule has 2 aromatic heterocycles. The van der Waals surface area contributed by atoms with E-state index in [2.05, 4.69) is 10.1 Å². The average molecular weight is 326 g/mol. The van der Waals surface area contributed by atoms with Crippen molar-refractivity contribution in [1.82, 2.24) is 15.0 Å². The number of amides is 1. The monoisotopic (exact) mass is 326 g/mol. The highest BCUT2D eigenvalue weighted by Crippen LogP contribution is 2.50. The molecule has 24 heavy (non-hydrogen) atoms. The molecule has 0 N–H and O–H groups in total. The van der Waals surface area contributed by atoms with Crippen LogP contribution in [0.25, 0.3) is 0 Å². The maximum Gasteiger partial charge on any atom is 0.257 e. The van der Waals surface area contributed by atoms with Gasteiger partial charge >= 0.3 is 0 Å². The van der Waals surface area contributed by atoms with E-state index in [0.717, 1.165) is 19.3 Å². The summed E-state index contributed by atoms with van der Waals surface area (Å²) in [6, 6.07) is 3.46. The Morgan fingerprint density at radius 1 is 1.50 bits per heavy atom. The van der Waals surface area contributed by atoms with Gasteiger partial charge in [0, 0.05) is 19.2 Å². The Bertz CT molecular complexity index is 846. The van der Waals surface area contributed by atoms with Gasteiger partial charge < -0.3 is 13.8 Å². The van der Waals surface area contributed by atoms with E-state index in [1.165, 1.54) is 6.07 Å². The molecule has 7 heteroatoms. The Balaban J connectivity index is 1.64. The summed E-state index contributed by atoms with van der Waals surface area (Å²) < 4.78 is 10.8. The Hall–Kier alpha value is -2.62. The number of hydrogen-bond acceptors (Lipinski definition) is 6. The van der Waals surface area contributed by atoms with Crippen LogP contribution in [0.2, 0.25) is 0 Å². The van der Waals surface area contributed by atoms with Gasteiger partial charge in [0.2, 0.25) is 11.7 Å². The predicted molar refractivity (Wildman–Crippen MR) is 82.1 cm³/mol. The first-order chi connectivity index (χ1) is 11.5. The summed E-state index contributed by atoms with van der Waals surface area (Å²) in [5.74, 6) is 2.17. The third kappa shape index (κ3) is 2.06.